The first-order valence-electron chi connectivity index (χ1n) is 5.24. The Bertz CT molecular complexity index is 385. The van der Waals surface area contributed by atoms with Crippen molar-refractivity contribution >= 4 is 27.8 Å². The first-order chi connectivity index (χ1) is 8.54. The summed E-state index contributed by atoms with van der Waals surface area (Å²) in [7, 11) is 0. The predicted molar refractivity (Wildman–Crippen MR) is 71.4 cm³/mol. The fourth-order valence-electron chi connectivity index (χ4n) is 1.14. The van der Waals surface area contributed by atoms with Crippen LogP contribution in [0.15, 0.2) is 33.8 Å². The molecule has 0 saturated heterocycles. The van der Waals surface area contributed by atoms with E-state index in [2.05, 4.69) is 26.5 Å². The van der Waals surface area contributed by atoms with Gasteiger partial charge in [-0.2, -0.15) is 5.10 Å². The fraction of sp³-hybridized carbons (Fsp3) is 0.364. The zero-order chi connectivity index (χ0) is 13.5. The van der Waals surface area contributed by atoms with Crippen LogP contribution in [0.4, 0.5) is 5.69 Å². The number of anilines is 1. The maximum Gasteiger partial charge on any atom is 0.119 e. The molecule has 0 saturated carbocycles. The minimum Gasteiger partial charge on any atom is -0.394 e. The molecule has 0 aromatic heterocycles. The van der Waals surface area contributed by atoms with Crippen molar-refractivity contribution in [2.24, 2.45) is 5.10 Å². The highest BCUT2D eigenvalue weighted by atomic mass is 79.9. The predicted octanol–water partition coefficient (Wildman–Crippen LogP) is -0.0782. The maximum atomic E-state index is 9.42. The van der Waals surface area contributed by atoms with Crippen molar-refractivity contribution in [1.82, 2.24) is 0 Å². The van der Waals surface area contributed by atoms with Gasteiger partial charge in [0.1, 0.15) is 18.3 Å². The van der Waals surface area contributed by atoms with Crippen LogP contribution >= 0.6 is 15.9 Å². The Labute approximate surface area is 113 Å². The number of aliphatic hydroxyl groups is 4. The number of hydrazone groups is 1. The lowest BCUT2D eigenvalue weighted by molar-refractivity contribution is -0.0541. The lowest BCUT2D eigenvalue weighted by Gasteiger charge is -2.18. The number of benzene rings is 1. The van der Waals surface area contributed by atoms with Gasteiger partial charge in [0.15, 0.2) is 0 Å². The second kappa shape index (κ2) is 7.45. The zero-order valence-corrected chi connectivity index (χ0v) is 11.0. The van der Waals surface area contributed by atoms with E-state index >= 15 is 0 Å². The fourth-order valence-corrected chi connectivity index (χ4v) is 1.40. The first kappa shape index (κ1) is 15.1. The molecular formula is C11H15BrN2O4. The monoisotopic (exact) mass is 318 g/mol. The van der Waals surface area contributed by atoms with E-state index in [1.54, 1.807) is 12.1 Å². The summed E-state index contributed by atoms with van der Waals surface area (Å²) in [5, 5.41) is 40.2. The van der Waals surface area contributed by atoms with Crippen molar-refractivity contribution in [3.63, 3.8) is 0 Å². The van der Waals surface area contributed by atoms with Gasteiger partial charge >= 0.3 is 0 Å². The Balaban J connectivity index is 2.47. The molecule has 7 heteroatoms. The summed E-state index contributed by atoms with van der Waals surface area (Å²) in [6.45, 7) is -0.633. The number of rotatable bonds is 6. The van der Waals surface area contributed by atoms with Crippen molar-refractivity contribution < 1.29 is 20.4 Å². The minimum absolute atomic E-state index is 0.633. The summed E-state index contributed by atoms with van der Waals surface area (Å²) < 4.78 is 0.929. The van der Waals surface area contributed by atoms with Gasteiger partial charge in [0, 0.05) is 4.47 Å². The van der Waals surface area contributed by atoms with Gasteiger partial charge in [0.05, 0.1) is 18.5 Å². The van der Waals surface area contributed by atoms with Gasteiger partial charge in [-0.15, -0.1) is 0 Å². The smallest absolute Gasteiger partial charge is 0.119 e. The lowest BCUT2D eigenvalue weighted by Crippen LogP contribution is -2.40. The van der Waals surface area contributed by atoms with Crippen molar-refractivity contribution in [3.8, 4) is 0 Å². The van der Waals surface area contributed by atoms with Crippen molar-refractivity contribution in [1.29, 1.82) is 0 Å². The second-order valence-corrected chi connectivity index (χ2v) is 4.54. The van der Waals surface area contributed by atoms with E-state index < -0.39 is 24.9 Å². The number of hydrogen-bond donors (Lipinski definition) is 5. The third kappa shape index (κ3) is 4.71. The molecule has 0 spiro atoms. The van der Waals surface area contributed by atoms with Gasteiger partial charge in [-0.05, 0) is 24.3 Å². The molecule has 1 rings (SSSR count). The molecule has 0 unspecified atom stereocenters. The molecule has 0 bridgehead atoms. The van der Waals surface area contributed by atoms with Gasteiger partial charge < -0.3 is 20.4 Å². The summed E-state index contributed by atoms with van der Waals surface area (Å²) in [6.07, 6.45) is -3.20. The van der Waals surface area contributed by atoms with E-state index in [4.69, 9.17) is 10.2 Å². The van der Waals surface area contributed by atoms with E-state index in [1.165, 1.54) is 0 Å². The lowest BCUT2D eigenvalue weighted by atomic mass is 10.1. The molecule has 18 heavy (non-hydrogen) atoms. The van der Waals surface area contributed by atoms with Gasteiger partial charge in [-0.25, -0.2) is 0 Å². The number of aliphatic hydroxyl groups excluding tert-OH is 4. The average Bonchev–Trinajstić information content (AvgIpc) is 2.39. The topological polar surface area (TPSA) is 105 Å². The van der Waals surface area contributed by atoms with E-state index in [1.807, 2.05) is 12.1 Å². The molecule has 1 aromatic rings. The van der Waals surface area contributed by atoms with Crippen molar-refractivity contribution in [3.05, 3.63) is 28.7 Å². The van der Waals surface area contributed by atoms with Crippen LogP contribution in [0.1, 0.15) is 0 Å². The molecule has 5 N–H and O–H groups in total. The molecule has 0 radical (unpaired) electrons. The largest absolute Gasteiger partial charge is 0.394 e. The standard InChI is InChI=1S/C11H15BrN2O4/c12-7-1-3-8(4-2-7)14-13-5-9(16)11(18)10(17)6-15/h1-5,9-11,14-18H,6H2/t9-,10+,11+/m0/s1. The van der Waals surface area contributed by atoms with Gasteiger partial charge in [-0.1, -0.05) is 15.9 Å². The Morgan fingerprint density at radius 2 is 1.83 bits per heavy atom. The maximum absolute atomic E-state index is 9.42. The highest BCUT2D eigenvalue weighted by Crippen LogP contribution is 2.13. The molecule has 0 fully saturated rings. The molecule has 0 aliphatic heterocycles. The van der Waals surface area contributed by atoms with Crippen LogP contribution < -0.4 is 5.43 Å². The third-order valence-corrected chi connectivity index (χ3v) is 2.72. The van der Waals surface area contributed by atoms with Gasteiger partial charge in [0.25, 0.3) is 0 Å². The summed E-state index contributed by atoms with van der Waals surface area (Å²) in [5.74, 6) is 0. The Kier molecular flexibility index (Phi) is 6.23. The summed E-state index contributed by atoms with van der Waals surface area (Å²) in [6, 6.07) is 7.18. The number of nitrogens with zero attached hydrogens (tertiary/aromatic N) is 1. The molecule has 0 amide bonds. The zero-order valence-electron chi connectivity index (χ0n) is 9.44. The highest BCUT2D eigenvalue weighted by molar-refractivity contribution is 9.10. The van der Waals surface area contributed by atoms with Gasteiger partial charge in [0.2, 0.25) is 0 Å². The third-order valence-electron chi connectivity index (χ3n) is 2.20. The molecule has 0 aliphatic rings. The second-order valence-electron chi connectivity index (χ2n) is 3.63. The first-order valence-corrected chi connectivity index (χ1v) is 6.03. The quantitative estimate of drug-likeness (QED) is 0.373. The number of halogens is 1. The SMILES string of the molecule is OC[C@@H](O)[C@H](O)[C@@H](O)C=NNc1ccc(Br)cc1. The highest BCUT2D eigenvalue weighted by Gasteiger charge is 2.22. The van der Waals surface area contributed by atoms with Crippen molar-refractivity contribution in [2.75, 3.05) is 12.0 Å². The molecule has 3 atom stereocenters. The van der Waals surface area contributed by atoms with Gasteiger partial charge in [-0.3, -0.25) is 5.43 Å². The van der Waals surface area contributed by atoms with Crippen LogP contribution in [0.5, 0.6) is 0 Å². The van der Waals surface area contributed by atoms with Crippen LogP contribution in [0.3, 0.4) is 0 Å². The van der Waals surface area contributed by atoms with E-state index in [0.29, 0.717) is 5.69 Å². The van der Waals surface area contributed by atoms with Crippen molar-refractivity contribution in [2.45, 2.75) is 18.3 Å². The molecular weight excluding hydrogens is 304 g/mol. The molecule has 0 heterocycles. The Morgan fingerprint density at radius 1 is 1.22 bits per heavy atom. The van der Waals surface area contributed by atoms with Crippen LogP contribution in [0.2, 0.25) is 0 Å². The molecule has 100 valence electrons. The Morgan fingerprint density at radius 3 is 2.39 bits per heavy atom. The van der Waals surface area contributed by atoms with Crippen LogP contribution in [-0.2, 0) is 0 Å². The van der Waals surface area contributed by atoms with Crippen LogP contribution in [0, 0.1) is 0 Å². The minimum atomic E-state index is -1.48. The summed E-state index contributed by atoms with van der Waals surface area (Å²) in [5.41, 5.74) is 3.36. The van der Waals surface area contributed by atoms with Crippen LogP contribution in [-0.4, -0.2) is 51.6 Å². The van der Waals surface area contributed by atoms with E-state index in [-0.39, 0.29) is 0 Å². The molecule has 1 aromatic carbocycles. The molecule has 6 nitrogen and oxygen atoms in total. The molecule has 0 aliphatic carbocycles. The number of nitrogens with one attached hydrogen (secondary N) is 1. The van der Waals surface area contributed by atoms with E-state index in [9.17, 15) is 10.2 Å². The summed E-state index contributed by atoms with van der Waals surface area (Å²) >= 11 is 3.29. The normalized spacial score (nSPS) is 16.5. The van der Waals surface area contributed by atoms with E-state index in [0.717, 1.165) is 10.7 Å². The Hall–Kier alpha value is -0.990. The number of hydrogen-bond acceptors (Lipinski definition) is 6. The average molecular weight is 319 g/mol. The summed E-state index contributed by atoms with van der Waals surface area (Å²) in [4.78, 5) is 0. The van der Waals surface area contributed by atoms with Crippen LogP contribution in [0.25, 0.3) is 0 Å².